The van der Waals surface area contributed by atoms with Gasteiger partial charge in [0.2, 0.25) is 0 Å². The number of esters is 2. The second-order valence-electron chi connectivity index (χ2n) is 3.75. The first-order valence-electron chi connectivity index (χ1n) is 5.37. The summed E-state index contributed by atoms with van der Waals surface area (Å²) in [6, 6.07) is 0. The van der Waals surface area contributed by atoms with Crippen LogP contribution in [0.25, 0.3) is 0 Å². The third-order valence-corrected chi connectivity index (χ3v) is 2.67. The smallest absolute Gasteiger partial charge is 0.310 e. The second kappa shape index (κ2) is 6.08. The van der Waals surface area contributed by atoms with Crippen molar-refractivity contribution in [1.29, 1.82) is 0 Å². The topological polar surface area (TPSA) is 68.4 Å². The molecule has 0 amide bonds. The molecule has 0 radical (unpaired) electrons. The van der Waals surface area contributed by atoms with E-state index in [4.69, 9.17) is 0 Å². The summed E-state index contributed by atoms with van der Waals surface area (Å²) in [7, 11) is 2.72. The number of carbonyl (C=O) groups is 2. The Bertz CT molecular complexity index is 409. The average molecular weight is 239 g/mol. The van der Waals surface area contributed by atoms with E-state index >= 15 is 0 Å². The molecule has 17 heavy (non-hydrogen) atoms. The van der Waals surface area contributed by atoms with Crippen LogP contribution in [0.2, 0.25) is 0 Å². The van der Waals surface area contributed by atoms with E-state index in [0.29, 0.717) is 12.8 Å². The molecule has 5 nitrogen and oxygen atoms in total. The zero-order chi connectivity index (χ0) is 12.8. The van der Waals surface area contributed by atoms with Crippen molar-refractivity contribution in [3.05, 3.63) is 23.0 Å². The van der Waals surface area contributed by atoms with Crippen LogP contribution in [0.1, 0.15) is 23.2 Å². The minimum atomic E-state index is -0.289. The highest BCUT2D eigenvalue weighted by Crippen LogP contribution is 2.17. The molecule has 1 heterocycles. The molecule has 0 spiro atoms. The molecule has 0 aromatic carbocycles. The Hall–Kier alpha value is -1.78. The van der Waals surface area contributed by atoms with Crippen molar-refractivity contribution in [3.63, 3.8) is 0 Å². The van der Waals surface area contributed by atoms with Gasteiger partial charge in [0.25, 0.3) is 0 Å². The van der Waals surface area contributed by atoms with Crippen LogP contribution in [0.4, 0.5) is 0 Å². The molecule has 0 saturated heterocycles. The van der Waals surface area contributed by atoms with E-state index in [1.54, 1.807) is 6.20 Å². The molecular weight excluding hydrogens is 222 g/mol. The molecule has 1 rings (SSSR count). The number of ether oxygens (including phenoxy) is 2. The predicted molar refractivity (Wildman–Crippen MR) is 61.6 cm³/mol. The fourth-order valence-electron chi connectivity index (χ4n) is 1.67. The monoisotopic (exact) mass is 239 g/mol. The summed E-state index contributed by atoms with van der Waals surface area (Å²) in [6.45, 7) is 1.91. The Kier molecular flexibility index (Phi) is 4.75. The van der Waals surface area contributed by atoms with Crippen LogP contribution in [0, 0.1) is 6.92 Å². The summed E-state index contributed by atoms with van der Waals surface area (Å²) in [5.41, 5.74) is 2.83. The molecule has 0 saturated carbocycles. The van der Waals surface area contributed by atoms with Crippen LogP contribution in [-0.2, 0) is 31.9 Å². The minimum absolute atomic E-state index is 0.220. The van der Waals surface area contributed by atoms with Crippen molar-refractivity contribution in [2.75, 3.05) is 14.2 Å². The standard InChI is InChI=1S/C12H17NO4/c1-8-10(4-5-11(14)16-2)9(7-13-8)6-12(15)17-3/h7,13H,4-6H2,1-3H3. The minimum Gasteiger partial charge on any atom is -0.469 e. The van der Waals surface area contributed by atoms with Crippen molar-refractivity contribution in [2.24, 2.45) is 0 Å². The Labute approximate surface area is 100 Å². The molecule has 0 aliphatic carbocycles. The lowest BCUT2D eigenvalue weighted by Crippen LogP contribution is -2.07. The number of hydrogen-bond acceptors (Lipinski definition) is 4. The van der Waals surface area contributed by atoms with E-state index in [1.807, 2.05) is 6.92 Å². The Morgan fingerprint density at radius 2 is 1.88 bits per heavy atom. The maximum absolute atomic E-state index is 11.2. The molecule has 0 aliphatic rings. The normalized spacial score (nSPS) is 10.1. The molecule has 94 valence electrons. The molecule has 0 aliphatic heterocycles. The van der Waals surface area contributed by atoms with E-state index < -0.39 is 0 Å². The number of H-pyrrole nitrogens is 1. The molecule has 0 atom stereocenters. The fourth-order valence-corrected chi connectivity index (χ4v) is 1.67. The summed E-state index contributed by atoms with van der Waals surface area (Å²) in [5.74, 6) is -0.544. The van der Waals surface area contributed by atoms with Gasteiger partial charge in [0, 0.05) is 18.3 Å². The number of aromatic amines is 1. The zero-order valence-electron chi connectivity index (χ0n) is 10.3. The number of hydrogen-bond donors (Lipinski definition) is 1. The summed E-state index contributed by atoms with van der Waals surface area (Å²) in [4.78, 5) is 25.3. The van der Waals surface area contributed by atoms with E-state index in [9.17, 15) is 9.59 Å². The van der Waals surface area contributed by atoms with Gasteiger partial charge in [-0.25, -0.2) is 0 Å². The van der Waals surface area contributed by atoms with Gasteiger partial charge in [-0.05, 0) is 24.5 Å². The SMILES string of the molecule is COC(=O)CCc1c(CC(=O)OC)c[nH]c1C. The van der Waals surface area contributed by atoms with Crippen LogP contribution < -0.4 is 0 Å². The zero-order valence-corrected chi connectivity index (χ0v) is 10.3. The third-order valence-electron chi connectivity index (χ3n) is 2.67. The Balaban J connectivity index is 2.72. The van der Waals surface area contributed by atoms with Crippen molar-refractivity contribution in [3.8, 4) is 0 Å². The van der Waals surface area contributed by atoms with Crippen molar-refractivity contribution >= 4 is 11.9 Å². The summed E-state index contributed by atoms with van der Waals surface area (Å²) in [5, 5.41) is 0. The van der Waals surface area contributed by atoms with Crippen molar-refractivity contribution < 1.29 is 19.1 Å². The highest BCUT2D eigenvalue weighted by Gasteiger charge is 2.13. The van der Waals surface area contributed by atoms with Gasteiger partial charge in [-0.15, -0.1) is 0 Å². The number of aryl methyl sites for hydroxylation is 1. The fraction of sp³-hybridized carbons (Fsp3) is 0.500. The third kappa shape index (κ3) is 3.62. The number of nitrogens with one attached hydrogen (secondary N) is 1. The van der Waals surface area contributed by atoms with E-state index in [-0.39, 0.29) is 18.4 Å². The maximum Gasteiger partial charge on any atom is 0.310 e. The van der Waals surface area contributed by atoms with Gasteiger partial charge in [0.1, 0.15) is 0 Å². The lowest BCUT2D eigenvalue weighted by atomic mass is 10.0. The van der Waals surface area contributed by atoms with Crippen LogP contribution in [0.3, 0.4) is 0 Å². The largest absolute Gasteiger partial charge is 0.469 e. The summed E-state index contributed by atoms with van der Waals surface area (Å²) >= 11 is 0. The number of aromatic nitrogens is 1. The highest BCUT2D eigenvalue weighted by molar-refractivity contribution is 5.73. The van der Waals surface area contributed by atoms with Crippen LogP contribution in [0.5, 0.6) is 0 Å². The molecule has 1 aromatic rings. The van der Waals surface area contributed by atoms with Crippen molar-refractivity contribution in [2.45, 2.75) is 26.2 Å². The highest BCUT2D eigenvalue weighted by atomic mass is 16.5. The van der Waals surface area contributed by atoms with Crippen molar-refractivity contribution in [1.82, 2.24) is 4.98 Å². The average Bonchev–Trinajstić information content (AvgIpc) is 2.67. The predicted octanol–water partition coefficient (Wildman–Crippen LogP) is 1.14. The van der Waals surface area contributed by atoms with Gasteiger partial charge in [0.05, 0.1) is 20.6 Å². The van der Waals surface area contributed by atoms with Gasteiger partial charge in [0.15, 0.2) is 0 Å². The van der Waals surface area contributed by atoms with Gasteiger partial charge in [-0.2, -0.15) is 0 Å². The first-order valence-corrected chi connectivity index (χ1v) is 5.37. The molecular formula is C12H17NO4. The first-order chi connectivity index (χ1) is 8.08. The molecule has 5 heteroatoms. The Morgan fingerprint density at radius 3 is 2.47 bits per heavy atom. The van der Waals surface area contributed by atoms with Crippen LogP contribution in [0.15, 0.2) is 6.20 Å². The van der Waals surface area contributed by atoms with Gasteiger partial charge >= 0.3 is 11.9 Å². The number of methoxy groups -OCH3 is 2. The van der Waals surface area contributed by atoms with E-state index in [2.05, 4.69) is 14.5 Å². The lowest BCUT2D eigenvalue weighted by molar-refractivity contribution is -0.140. The molecule has 1 aromatic heterocycles. The Morgan fingerprint density at radius 1 is 1.24 bits per heavy atom. The lowest BCUT2D eigenvalue weighted by Gasteiger charge is -2.04. The summed E-state index contributed by atoms with van der Waals surface area (Å²) in [6.07, 6.45) is 2.87. The molecule has 0 fully saturated rings. The van der Waals surface area contributed by atoms with E-state index in [0.717, 1.165) is 16.8 Å². The van der Waals surface area contributed by atoms with Gasteiger partial charge in [-0.3, -0.25) is 9.59 Å². The van der Waals surface area contributed by atoms with Crippen LogP contribution in [-0.4, -0.2) is 31.1 Å². The van der Waals surface area contributed by atoms with Crippen LogP contribution >= 0.6 is 0 Å². The van der Waals surface area contributed by atoms with E-state index in [1.165, 1.54) is 14.2 Å². The maximum atomic E-state index is 11.2. The molecule has 0 bridgehead atoms. The second-order valence-corrected chi connectivity index (χ2v) is 3.75. The van der Waals surface area contributed by atoms with Gasteiger partial charge in [-0.1, -0.05) is 0 Å². The molecule has 1 N–H and O–H groups in total. The molecule has 0 unspecified atom stereocenters. The number of carbonyl (C=O) groups excluding carboxylic acids is 2. The van der Waals surface area contributed by atoms with Gasteiger partial charge < -0.3 is 14.5 Å². The first kappa shape index (κ1) is 13.3. The summed E-state index contributed by atoms with van der Waals surface area (Å²) < 4.78 is 9.21. The number of rotatable bonds is 5. The quantitative estimate of drug-likeness (QED) is 0.782.